The van der Waals surface area contributed by atoms with Gasteiger partial charge in [-0.3, -0.25) is 0 Å². The molecule has 5 heteroatoms. The molecule has 0 unspecified atom stereocenters. The predicted molar refractivity (Wildman–Crippen MR) is 64.2 cm³/mol. The number of hydrogen-bond donors (Lipinski definition) is 1. The van der Waals surface area contributed by atoms with E-state index in [-0.39, 0.29) is 5.82 Å². The zero-order valence-electron chi connectivity index (χ0n) is 8.54. The molecule has 0 aliphatic heterocycles. The van der Waals surface area contributed by atoms with Crippen LogP contribution in [0.1, 0.15) is 5.56 Å². The van der Waals surface area contributed by atoms with Gasteiger partial charge in [0.2, 0.25) is 0 Å². The van der Waals surface area contributed by atoms with E-state index >= 15 is 0 Å². The van der Waals surface area contributed by atoms with Crippen molar-refractivity contribution in [2.24, 2.45) is 0 Å². The minimum atomic E-state index is -0.277. The van der Waals surface area contributed by atoms with E-state index in [4.69, 9.17) is 0 Å². The second-order valence-electron chi connectivity index (χ2n) is 3.31. The second kappa shape index (κ2) is 4.57. The Hall–Kier alpha value is -1.49. The van der Waals surface area contributed by atoms with Crippen molar-refractivity contribution in [2.45, 2.75) is 6.92 Å². The highest BCUT2D eigenvalue weighted by molar-refractivity contribution is 9.10. The molecule has 0 bridgehead atoms. The molecule has 0 aliphatic carbocycles. The van der Waals surface area contributed by atoms with Crippen LogP contribution >= 0.6 is 15.9 Å². The van der Waals surface area contributed by atoms with Crippen molar-refractivity contribution in [1.29, 1.82) is 0 Å². The standard InChI is InChI=1S/C11H9BrFN3/c1-7-2-3-8(13)4-9(7)16-11-5-10(12)14-6-15-11/h2-6H,1H3,(H,14,15,16). The predicted octanol–water partition coefficient (Wildman–Crippen LogP) is 3.43. The number of rotatable bonds is 2. The number of benzene rings is 1. The molecule has 2 rings (SSSR count). The Balaban J connectivity index is 2.30. The van der Waals surface area contributed by atoms with Crippen molar-refractivity contribution in [1.82, 2.24) is 9.97 Å². The van der Waals surface area contributed by atoms with E-state index in [1.54, 1.807) is 12.1 Å². The molecule has 0 spiro atoms. The van der Waals surface area contributed by atoms with Crippen LogP contribution in [0.2, 0.25) is 0 Å². The summed E-state index contributed by atoms with van der Waals surface area (Å²) in [5, 5.41) is 3.03. The van der Waals surface area contributed by atoms with Gasteiger partial charge in [-0.15, -0.1) is 0 Å². The molecular formula is C11H9BrFN3. The van der Waals surface area contributed by atoms with Crippen LogP contribution in [0.5, 0.6) is 0 Å². The van der Waals surface area contributed by atoms with Crippen molar-refractivity contribution >= 4 is 27.4 Å². The molecule has 0 aliphatic rings. The molecule has 0 saturated carbocycles. The Morgan fingerprint density at radius 2 is 2.06 bits per heavy atom. The van der Waals surface area contributed by atoms with Crippen molar-refractivity contribution in [3.63, 3.8) is 0 Å². The van der Waals surface area contributed by atoms with Crippen LogP contribution in [0.4, 0.5) is 15.9 Å². The first-order valence-electron chi connectivity index (χ1n) is 4.66. The third-order valence-corrected chi connectivity index (χ3v) is 2.53. The monoisotopic (exact) mass is 281 g/mol. The van der Waals surface area contributed by atoms with Crippen LogP contribution in [0.3, 0.4) is 0 Å². The van der Waals surface area contributed by atoms with Gasteiger partial charge in [0.1, 0.15) is 22.6 Å². The quantitative estimate of drug-likeness (QED) is 0.857. The molecule has 0 atom stereocenters. The Kier molecular flexibility index (Phi) is 3.14. The van der Waals surface area contributed by atoms with Gasteiger partial charge in [-0.1, -0.05) is 6.07 Å². The molecule has 1 heterocycles. The van der Waals surface area contributed by atoms with Crippen LogP contribution in [-0.4, -0.2) is 9.97 Å². The van der Waals surface area contributed by atoms with Crippen molar-refractivity contribution in [2.75, 3.05) is 5.32 Å². The smallest absolute Gasteiger partial charge is 0.134 e. The third-order valence-electron chi connectivity index (χ3n) is 2.10. The van der Waals surface area contributed by atoms with Gasteiger partial charge >= 0.3 is 0 Å². The molecule has 0 saturated heterocycles. The number of nitrogens with one attached hydrogen (secondary N) is 1. The molecule has 1 N–H and O–H groups in total. The van der Waals surface area contributed by atoms with Gasteiger partial charge in [0.05, 0.1) is 0 Å². The van der Waals surface area contributed by atoms with E-state index in [0.717, 1.165) is 5.56 Å². The molecule has 1 aromatic carbocycles. The van der Waals surface area contributed by atoms with Gasteiger partial charge in [-0.25, -0.2) is 14.4 Å². The van der Waals surface area contributed by atoms with Crippen molar-refractivity contribution in [3.05, 3.63) is 46.6 Å². The molecule has 1 aromatic heterocycles. The van der Waals surface area contributed by atoms with Crippen molar-refractivity contribution < 1.29 is 4.39 Å². The number of anilines is 2. The van der Waals surface area contributed by atoms with Crippen LogP contribution in [0, 0.1) is 12.7 Å². The molecule has 16 heavy (non-hydrogen) atoms. The average molecular weight is 282 g/mol. The fraction of sp³-hybridized carbons (Fsp3) is 0.0909. The van der Waals surface area contributed by atoms with E-state index in [9.17, 15) is 4.39 Å². The van der Waals surface area contributed by atoms with Crippen LogP contribution < -0.4 is 5.32 Å². The van der Waals surface area contributed by atoms with Gasteiger partial charge in [0.25, 0.3) is 0 Å². The number of aryl methyl sites for hydroxylation is 1. The van der Waals surface area contributed by atoms with Crippen molar-refractivity contribution in [3.8, 4) is 0 Å². The van der Waals surface area contributed by atoms with Gasteiger partial charge in [0.15, 0.2) is 0 Å². The van der Waals surface area contributed by atoms with Crippen LogP contribution in [-0.2, 0) is 0 Å². The molecule has 82 valence electrons. The van der Waals surface area contributed by atoms with Gasteiger partial charge in [0, 0.05) is 11.8 Å². The Morgan fingerprint density at radius 3 is 2.81 bits per heavy atom. The minimum absolute atomic E-state index is 0.277. The number of nitrogens with zero attached hydrogens (tertiary/aromatic N) is 2. The lowest BCUT2D eigenvalue weighted by Gasteiger charge is -2.08. The number of aromatic nitrogens is 2. The SMILES string of the molecule is Cc1ccc(F)cc1Nc1cc(Br)ncn1. The Bertz CT molecular complexity index is 516. The molecule has 0 radical (unpaired) electrons. The summed E-state index contributed by atoms with van der Waals surface area (Å²) in [6, 6.07) is 6.31. The van der Waals surface area contributed by atoms with Gasteiger partial charge < -0.3 is 5.32 Å². The zero-order chi connectivity index (χ0) is 11.5. The fourth-order valence-corrected chi connectivity index (χ4v) is 1.58. The normalized spacial score (nSPS) is 10.2. The summed E-state index contributed by atoms with van der Waals surface area (Å²) in [7, 11) is 0. The summed E-state index contributed by atoms with van der Waals surface area (Å²) >= 11 is 3.24. The summed E-state index contributed by atoms with van der Waals surface area (Å²) in [5.41, 5.74) is 1.65. The van der Waals surface area contributed by atoms with Gasteiger partial charge in [-0.05, 0) is 40.5 Å². The molecular weight excluding hydrogens is 273 g/mol. The highest BCUT2D eigenvalue weighted by Crippen LogP contribution is 2.21. The first-order chi connectivity index (χ1) is 7.65. The minimum Gasteiger partial charge on any atom is -0.340 e. The summed E-state index contributed by atoms with van der Waals surface area (Å²) in [6.45, 7) is 1.90. The lowest BCUT2D eigenvalue weighted by molar-refractivity contribution is 0.628. The Labute approximate surface area is 101 Å². The number of halogens is 2. The maximum absolute atomic E-state index is 13.0. The summed E-state index contributed by atoms with van der Waals surface area (Å²) in [6.07, 6.45) is 1.43. The topological polar surface area (TPSA) is 37.8 Å². The first kappa shape index (κ1) is 11.0. The lowest BCUT2D eigenvalue weighted by Crippen LogP contribution is -1.96. The highest BCUT2D eigenvalue weighted by Gasteiger charge is 2.02. The maximum Gasteiger partial charge on any atom is 0.134 e. The summed E-state index contributed by atoms with van der Waals surface area (Å²) in [5.74, 6) is 0.344. The average Bonchev–Trinajstić information content (AvgIpc) is 2.24. The second-order valence-corrected chi connectivity index (χ2v) is 4.12. The molecule has 3 nitrogen and oxygen atoms in total. The van der Waals surface area contributed by atoms with Crippen LogP contribution in [0.15, 0.2) is 35.2 Å². The van der Waals surface area contributed by atoms with Gasteiger partial charge in [-0.2, -0.15) is 0 Å². The Morgan fingerprint density at radius 1 is 1.25 bits per heavy atom. The molecule has 0 fully saturated rings. The summed E-state index contributed by atoms with van der Waals surface area (Å²) < 4.78 is 13.7. The van der Waals surface area contributed by atoms with E-state index in [1.807, 2.05) is 6.92 Å². The maximum atomic E-state index is 13.0. The largest absolute Gasteiger partial charge is 0.340 e. The summed E-state index contributed by atoms with van der Waals surface area (Å²) in [4.78, 5) is 7.94. The van der Waals surface area contributed by atoms with Crippen LogP contribution in [0.25, 0.3) is 0 Å². The fourth-order valence-electron chi connectivity index (χ4n) is 1.27. The zero-order valence-corrected chi connectivity index (χ0v) is 10.1. The molecule has 0 amide bonds. The van der Waals surface area contributed by atoms with E-state index in [1.165, 1.54) is 18.5 Å². The van der Waals surface area contributed by atoms with E-state index in [2.05, 4.69) is 31.2 Å². The first-order valence-corrected chi connectivity index (χ1v) is 5.45. The van der Waals surface area contributed by atoms with E-state index < -0.39 is 0 Å². The van der Waals surface area contributed by atoms with E-state index in [0.29, 0.717) is 16.1 Å². The lowest BCUT2D eigenvalue weighted by atomic mass is 10.2. The number of hydrogen-bond acceptors (Lipinski definition) is 3. The molecule has 2 aromatic rings. The third kappa shape index (κ3) is 2.55. The highest BCUT2D eigenvalue weighted by atomic mass is 79.9.